The van der Waals surface area contributed by atoms with Crippen LogP contribution in [0.2, 0.25) is 0 Å². The van der Waals surface area contributed by atoms with Gasteiger partial charge in [0.1, 0.15) is 5.58 Å². The summed E-state index contributed by atoms with van der Waals surface area (Å²) in [4.78, 5) is 14.1. The van der Waals surface area contributed by atoms with E-state index in [2.05, 4.69) is 31.0 Å². The first kappa shape index (κ1) is 12.3. The third-order valence-electron chi connectivity index (χ3n) is 3.96. The Morgan fingerprint density at radius 1 is 1.26 bits per heavy atom. The highest BCUT2D eigenvalue weighted by Gasteiger charge is 2.19. The zero-order valence-corrected chi connectivity index (χ0v) is 11.5. The third kappa shape index (κ3) is 2.03. The van der Waals surface area contributed by atoms with Crippen molar-refractivity contribution in [2.45, 2.75) is 32.6 Å². The first-order chi connectivity index (χ1) is 9.20. The van der Waals surface area contributed by atoms with Crippen LogP contribution in [0.4, 0.5) is 5.69 Å². The zero-order chi connectivity index (χ0) is 13.4. The van der Waals surface area contributed by atoms with Gasteiger partial charge in [0, 0.05) is 36.3 Å². The second-order valence-electron chi connectivity index (χ2n) is 5.30. The van der Waals surface area contributed by atoms with Crippen molar-refractivity contribution in [2.75, 3.05) is 18.5 Å². The van der Waals surface area contributed by atoms with Crippen molar-refractivity contribution >= 4 is 16.7 Å². The molecule has 0 saturated carbocycles. The number of fused-ring (bicyclic) bond motifs is 3. The molecule has 2 aromatic rings. The summed E-state index contributed by atoms with van der Waals surface area (Å²) in [5, 5.41) is 1.11. The summed E-state index contributed by atoms with van der Waals surface area (Å²) in [6.45, 7) is 3.16. The molecule has 0 unspecified atom stereocenters. The molecule has 3 heteroatoms. The molecule has 0 N–H and O–H groups in total. The summed E-state index contributed by atoms with van der Waals surface area (Å²) in [6, 6.07) is 6.21. The van der Waals surface area contributed by atoms with E-state index in [4.69, 9.17) is 4.42 Å². The molecule has 3 rings (SSSR count). The van der Waals surface area contributed by atoms with Gasteiger partial charge >= 0.3 is 5.63 Å². The summed E-state index contributed by atoms with van der Waals surface area (Å²) in [7, 11) is 2.07. The van der Waals surface area contributed by atoms with E-state index in [-0.39, 0.29) is 5.63 Å². The molecule has 1 heterocycles. The van der Waals surface area contributed by atoms with E-state index >= 15 is 0 Å². The normalized spacial score (nSPS) is 13.8. The Morgan fingerprint density at radius 3 is 2.84 bits per heavy atom. The van der Waals surface area contributed by atoms with Gasteiger partial charge in [-0.3, -0.25) is 0 Å². The molecule has 19 heavy (non-hydrogen) atoms. The van der Waals surface area contributed by atoms with Crippen LogP contribution < -0.4 is 10.5 Å². The number of hydrogen-bond donors (Lipinski definition) is 0. The van der Waals surface area contributed by atoms with Gasteiger partial charge in [-0.15, -0.1) is 0 Å². The number of rotatable bonds is 3. The van der Waals surface area contributed by atoms with E-state index in [0.717, 1.165) is 54.4 Å². The molecule has 0 bridgehead atoms. The van der Waals surface area contributed by atoms with Gasteiger partial charge in [0.05, 0.1) is 0 Å². The maximum atomic E-state index is 12.0. The fraction of sp³-hybridized carbons (Fsp3) is 0.438. The quantitative estimate of drug-likeness (QED) is 0.792. The molecule has 0 atom stereocenters. The maximum Gasteiger partial charge on any atom is 0.339 e. The number of benzene rings is 1. The number of anilines is 1. The minimum Gasteiger partial charge on any atom is -0.422 e. The Bertz CT molecular complexity index is 672. The van der Waals surface area contributed by atoms with Gasteiger partial charge in [-0.05, 0) is 43.4 Å². The number of hydrogen-bond acceptors (Lipinski definition) is 3. The van der Waals surface area contributed by atoms with E-state index < -0.39 is 0 Å². The van der Waals surface area contributed by atoms with Crippen molar-refractivity contribution < 1.29 is 4.42 Å². The molecule has 0 saturated heterocycles. The Labute approximate surface area is 112 Å². The average Bonchev–Trinajstić information content (AvgIpc) is 2.88. The Morgan fingerprint density at radius 2 is 2.05 bits per heavy atom. The van der Waals surface area contributed by atoms with Gasteiger partial charge in [0.25, 0.3) is 0 Å². The van der Waals surface area contributed by atoms with Crippen LogP contribution in [0.5, 0.6) is 0 Å². The molecule has 0 fully saturated rings. The zero-order valence-electron chi connectivity index (χ0n) is 11.5. The summed E-state index contributed by atoms with van der Waals surface area (Å²) >= 11 is 0. The molecule has 0 spiro atoms. The highest BCUT2D eigenvalue weighted by Crippen LogP contribution is 2.29. The molecular formula is C16H19NO2. The van der Waals surface area contributed by atoms with Gasteiger partial charge in [0.15, 0.2) is 0 Å². The first-order valence-electron chi connectivity index (χ1n) is 7.00. The van der Waals surface area contributed by atoms with Crippen LogP contribution in [-0.4, -0.2) is 13.6 Å². The lowest BCUT2D eigenvalue weighted by Gasteiger charge is -2.18. The van der Waals surface area contributed by atoms with Gasteiger partial charge in [-0.2, -0.15) is 0 Å². The fourth-order valence-electron chi connectivity index (χ4n) is 2.97. The lowest BCUT2D eigenvalue weighted by Crippen LogP contribution is -2.17. The molecule has 3 nitrogen and oxygen atoms in total. The van der Waals surface area contributed by atoms with Gasteiger partial charge in [-0.1, -0.05) is 6.92 Å². The molecule has 1 aliphatic rings. The minimum absolute atomic E-state index is 0.143. The summed E-state index contributed by atoms with van der Waals surface area (Å²) in [5.74, 6) is 0. The number of nitrogens with zero attached hydrogens (tertiary/aromatic N) is 1. The van der Waals surface area contributed by atoms with Crippen molar-refractivity contribution in [2.24, 2.45) is 0 Å². The molecule has 0 radical (unpaired) electrons. The predicted octanol–water partition coefficient (Wildman–Crippen LogP) is 3.13. The highest BCUT2D eigenvalue weighted by atomic mass is 16.4. The molecule has 1 aromatic carbocycles. The fourth-order valence-corrected chi connectivity index (χ4v) is 2.97. The largest absolute Gasteiger partial charge is 0.422 e. The SMILES string of the molecule is CCCN(C)c1ccc2c3c(c(=O)oc2c1)CCC3. The van der Waals surface area contributed by atoms with E-state index in [0.29, 0.717) is 0 Å². The van der Waals surface area contributed by atoms with E-state index in [9.17, 15) is 4.79 Å². The molecule has 1 aromatic heterocycles. The Kier molecular flexibility index (Phi) is 3.05. The van der Waals surface area contributed by atoms with E-state index in [1.165, 1.54) is 5.56 Å². The molecular weight excluding hydrogens is 238 g/mol. The lowest BCUT2D eigenvalue weighted by atomic mass is 10.1. The van der Waals surface area contributed by atoms with Crippen molar-refractivity contribution in [1.82, 2.24) is 0 Å². The van der Waals surface area contributed by atoms with Crippen LogP contribution in [0.15, 0.2) is 27.4 Å². The van der Waals surface area contributed by atoms with Crippen LogP contribution in [0.25, 0.3) is 11.0 Å². The van der Waals surface area contributed by atoms with Crippen LogP contribution in [0.1, 0.15) is 30.9 Å². The molecule has 100 valence electrons. The van der Waals surface area contributed by atoms with Crippen LogP contribution in [0, 0.1) is 0 Å². The standard InChI is InChI=1S/C16H19NO2/c1-3-9-17(2)11-7-8-13-12-5-4-6-14(12)16(18)19-15(13)10-11/h7-8,10H,3-6,9H2,1-2H3. The predicted molar refractivity (Wildman–Crippen MR) is 78.1 cm³/mol. The van der Waals surface area contributed by atoms with Crippen LogP contribution in [-0.2, 0) is 12.8 Å². The molecule has 0 aliphatic heterocycles. The molecule has 0 amide bonds. The van der Waals surface area contributed by atoms with Crippen molar-refractivity contribution in [1.29, 1.82) is 0 Å². The Hall–Kier alpha value is -1.77. The van der Waals surface area contributed by atoms with Gasteiger partial charge in [0.2, 0.25) is 0 Å². The molecule has 1 aliphatic carbocycles. The third-order valence-corrected chi connectivity index (χ3v) is 3.96. The van der Waals surface area contributed by atoms with Gasteiger partial charge < -0.3 is 9.32 Å². The summed E-state index contributed by atoms with van der Waals surface area (Å²) < 4.78 is 5.49. The van der Waals surface area contributed by atoms with Crippen LogP contribution >= 0.6 is 0 Å². The minimum atomic E-state index is -0.143. The number of aryl methyl sites for hydroxylation is 1. The smallest absolute Gasteiger partial charge is 0.339 e. The van der Waals surface area contributed by atoms with Crippen LogP contribution in [0.3, 0.4) is 0 Å². The monoisotopic (exact) mass is 257 g/mol. The van der Waals surface area contributed by atoms with Crippen molar-refractivity contribution in [3.05, 3.63) is 39.7 Å². The topological polar surface area (TPSA) is 33.5 Å². The van der Waals surface area contributed by atoms with Crippen molar-refractivity contribution in [3.63, 3.8) is 0 Å². The second kappa shape index (κ2) is 4.72. The maximum absolute atomic E-state index is 12.0. The first-order valence-corrected chi connectivity index (χ1v) is 7.00. The summed E-state index contributed by atoms with van der Waals surface area (Å²) in [6.07, 6.45) is 4.03. The highest BCUT2D eigenvalue weighted by molar-refractivity contribution is 5.85. The van der Waals surface area contributed by atoms with E-state index in [1.54, 1.807) is 0 Å². The Balaban J connectivity index is 2.15. The second-order valence-corrected chi connectivity index (χ2v) is 5.30. The van der Waals surface area contributed by atoms with Gasteiger partial charge in [-0.25, -0.2) is 4.79 Å². The average molecular weight is 257 g/mol. The summed E-state index contributed by atoms with van der Waals surface area (Å²) in [5.41, 5.74) is 3.79. The van der Waals surface area contributed by atoms with Crippen molar-refractivity contribution in [3.8, 4) is 0 Å². The van der Waals surface area contributed by atoms with E-state index in [1.807, 2.05) is 6.07 Å². The lowest BCUT2D eigenvalue weighted by molar-refractivity contribution is 0.552.